The quantitative estimate of drug-likeness (QED) is 0.885. The van der Waals surface area contributed by atoms with Crippen molar-refractivity contribution in [1.82, 2.24) is 10.2 Å². The van der Waals surface area contributed by atoms with E-state index >= 15 is 0 Å². The molecule has 2 heterocycles. The molecular formula is C17H28Cl2FN3. The van der Waals surface area contributed by atoms with Crippen LogP contribution in [0.1, 0.15) is 19.3 Å². The molecular weight excluding hydrogens is 336 g/mol. The minimum absolute atomic E-state index is 0. The van der Waals surface area contributed by atoms with Gasteiger partial charge >= 0.3 is 0 Å². The topological polar surface area (TPSA) is 18.5 Å². The summed E-state index contributed by atoms with van der Waals surface area (Å²) in [7, 11) is 0. The Labute approximate surface area is 151 Å². The predicted molar refractivity (Wildman–Crippen MR) is 99.8 cm³/mol. The van der Waals surface area contributed by atoms with Gasteiger partial charge in [-0.3, -0.25) is 4.90 Å². The van der Waals surface area contributed by atoms with Gasteiger partial charge in [0.15, 0.2) is 0 Å². The molecule has 0 radical (unpaired) electrons. The zero-order chi connectivity index (χ0) is 14.5. The zero-order valence-electron chi connectivity index (χ0n) is 13.5. The van der Waals surface area contributed by atoms with E-state index in [1.165, 1.54) is 38.9 Å². The number of piperazine rings is 1. The molecule has 2 saturated heterocycles. The molecule has 0 unspecified atom stereocenters. The van der Waals surface area contributed by atoms with Crippen LogP contribution in [-0.4, -0.2) is 50.7 Å². The summed E-state index contributed by atoms with van der Waals surface area (Å²) in [5.74, 6) is 0.765. The van der Waals surface area contributed by atoms with E-state index in [1.807, 2.05) is 12.1 Å². The van der Waals surface area contributed by atoms with Crippen LogP contribution >= 0.6 is 24.8 Å². The third-order valence-corrected chi connectivity index (χ3v) is 4.88. The van der Waals surface area contributed by atoms with Crippen molar-refractivity contribution in [2.24, 2.45) is 5.92 Å². The molecule has 0 aromatic heterocycles. The van der Waals surface area contributed by atoms with Crippen molar-refractivity contribution in [2.45, 2.75) is 19.3 Å². The van der Waals surface area contributed by atoms with Crippen LogP contribution in [0.15, 0.2) is 24.3 Å². The first-order valence-electron chi connectivity index (χ1n) is 8.25. The van der Waals surface area contributed by atoms with Crippen molar-refractivity contribution in [3.8, 4) is 0 Å². The van der Waals surface area contributed by atoms with Crippen molar-refractivity contribution in [3.63, 3.8) is 0 Å². The molecule has 2 fully saturated rings. The number of benzene rings is 1. The molecule has 2 aliphatic heterocycles. The fraction of sp³-hybridized carbons (Fsp3) is 0.647. The highest BCUT2D eigenvalue weighted by molar-refractivity contribution is 5.85. The normalized spacial score (nSPS) is 19.8. The molecule has 0 bridgehead atoms. The van der Waals surface area contributed by atoms with Gasteiger partial charge in [0.25, 0.3) is 0 Å². The van der Waals surface area contributed by atoms with Crippen LogP contribution in [0.25, 0.3) is 0 Å². The minimum Gasteiger partial charge on any atom is -0.369 e. The lowest BCUT2D eigenvalue weighted by molar-refractivity contribution is 0.224. The maximum atomic E-state index is 13.0. The monoisotopic (exact) mass is 363 g/mol. The highest BCUT2D eigenvalue weighted by Gasteiger charge is 2.19. The Kier molecular flexibility index (Phi) is 9.22. The van der Waals surface area contributed by atoms with Crippen molar-refractivity contribution >= 4 is 30.5 Å². The lowest BCUT2D eigenvalue weighted by Gasteiger charge is -2.37. The van der Waals surface area contributed by atoms with E-state index in [4.69, 9.17) is 0 Å². The molecule has 2 aliphatic rings. The number of nitrogens with zero attached hydrogens (tertiary/aromatic N) is 2. The van der Waals surface area contributed by atoms with E-state index in [9.17, 15) is 4.39 Å². The number of halogens is 3. The summed E-state index contributed by atoms with van der Waals surface area (Å²) in [5, 5.41) is 3.43. The largest absolute Gasteiger partial charge is 0.369 e. The van der Waals surface area contributed by atoms with Crippen LogP contribution in [0.2, 0.25) is 0 Å². The van der Waals surface area contributed by atoms with Crippen LogP contribution < -0.4 is 10.2 Å². The molecule has 1 aromatic rings. The molecule has 23 heavy (non-hydrogen) atoms. The number of hydrogen-bond donors (Lipinski definition) is 1. The second-order valence-electron chi connectivity index (χ2n) is 6.29. The van der Waals surface area contributed by atoms with Crippen LogP contribution in [-0.2, 0) is 0 Å². The molecule has 1 aromatic carbocycles. The Morgan fingerprint density at radius 3 is 2.17 bits per heavy atom. The second-order valence-corrected chi connectivity index (χ2v) is 6.29. The van der Waals surface area contributed by atoms with Gasteiger partial charge in [-0.05, 0) is 69.1 Å². The van der Waals surface area contributed by atoms with E-state index in [1.54, 1.807) is 12.1 Å². The summed E-state index contributed by atoms with van der Waals surface area (Å²) in [6, 6.07) is 6.89. The number of hydrogen-bond acceptors (Lipinski definition) is 3. The van der Waals surface area contributed by atoms with Crippen LogP contribution in [0.5, 0.6) is 0 Å². The number of rotatable bonds is 4. The first kappa shape index (κ1) is 20.5. The molecule has 0 aliphatic carbocycles. The summed E-state index contributed by atoms with van der Waals surface area (Å²) in [4.78, 5) is 4.95. The lowest BCUT2D eigenvalue weighted by Crippen LogP contribution is -2.47. The number of piperidine rings is 1. The summed E-state index contributed by atoms with van der Waals surface area (Å²) in [6.07, 6.45) is 4.03. The van der Waals surface area contributed by atoms with E-state index in [0.717, 1.165) is 37.8 Å². The molecule has 6 heteroatoms. The molecule has 3 rings (SSSR count). The SMILES string of the molecule is Cl.Cl.Fc1ccc(N2CCN(CCC3CCNCC3)CC2)cc1. The predicted octanol–water partition coefficient (Wildman–Crippen LogP) is 3.18. The van der Waals surface area contributed by atoms with Crippen LogP contribution in [0, 0.1) is 11.7 Å². The minimum atomic E-state index is -0.153. The van der Waals surface area contributed by atoms with Gasteiger partial charge in [-0.15, -0.1) is 24.8 Å². The van der Waals surface area contributed by atoms with E-state index in [2.05, 4.69) is 15.1 Å². The maximum absolute atomic E-state index is 13.0. The standard InChI is InChI=1S/C17H26FN3.2ClH/c18-16-1-3-17(4-2-16)21-13-11-20(12-14-21)10-7-15-5-8-19-9-6-15;;/h1-4,15,19H,5-14H2;2*1H. The molecule has 132 valence electrons. The van der Waals surface area contributed by atoms with Gasteiger partial charge in [0, 0.05) is 31.9 Å². The molecule has 3 nitrogen and oxygen atoms in total. The highest BCUT2D eigenvalue weighted by Crippen LogP contribution is 2.19. The van der Waals surface area contributed by atoms with Gasteiger partial charge in [-0.1, -0.05) is 0 Å². The first-order valence-corrected chi connectivity index (χ1v) is 8.25. The Morgan fingerprint density at radius 2 is 1.57 bits per heavy atom. The Bertz CT molecular complexity index is 430. The molecule has 1 N–H and O–H groups in total. The lowest BCUT2D eigenvalue weighted by atomic mass is 9.94. The van der Waals surface area contributed by atoms with Crippen molar-refractivity contribution < 1.29 is 4.39 Å². The van der Waals surface area contributed by atoms with Gasteiger partial charge in [-0.25, -0.2) is 4.39 Å². The third kappa shape index (κ3) is 6.11. The van der Waals surface area contributed by atoms with E-state index < -0.39 is 0 Å². The van der Waals surface area contributed by atoms with Crippen molar-refractivity contribution in [2.75, 3.05) is 50.7 Å². The Balaban J connectivity index is 0.00000132. The second kappa shape index (κ2) is 10.3. The molecule has 0 atom stereocenters. The average Bonchev–Trinajstić information content (AvgIpc) is 2.55. The van der Waals surface area contributed by atoms with Crippen molar-refractivity contribution in [1.29, 1.82) is 0 Å². The zero-order valence-corrected chi connectivity index (χ0v) is 15.2. The summed E-state index contributed by atoms with van der Waals surface area (Å²) >= 11 is 0. The molecule has 0 spiro atoms. The summed E-state index contributed by atoms with van der Waals surface area (Å²) in [6.45, 7) is 7.99. The van der Waals surface area contributed by atoms with Gasteiger partial charge in [-0.2, -0.15) is 0 Å². The fourth-order valence-corrected chi connectivity index (χ4v) is 3.42. The van der Waals surface area contributed by atoms with Gasteiger partial charge < -0.3 is 10.2 Å². The third-order valence-electron chi connectivity index (χ3n) is 4.88. The smallest absolute Gasteiger partial charge is 0.123 e. The van der Waals surface area contributed by atoms with Gasteiger partial charge in [0.2, 0.25) is 0 Å². The average molecular weight is 364 g/mol. The Morgan fingerprint density at radius 1 is 0.957 bits per heavy atom. The fourth-order valence-electron chi connectivity index (χ4n) is 3.42. The number of nitrogens with one attached hydrogen (secondary N) is 1. The first-order chi connectivity index (χ1) is 10.3. The molecule has 0 saturated carbocycles. The Hall–Kier alpha value is -0.550. The summed E-state index contributed by atoms with van der Waals surface area (Å²) in [5.41, 5.74) is 1.15. The van der Waals surface area contributed by atoms with E-state index in [-0.39, 0.29) is 30.6 Å². The van der Waals surface area contributed by atoms with Crippen LogP contribution in [0.4, 0.5) is 10.1 Å². The summed E-state index contributed by atoms with van der Waals surface area (Å²) < 4.78 is 13.0. The van der Waals surface area contributed by atoms with Gasteiger partial charge in [0.05, 0.1) is 0 Å². The molecule has 0 amide bonds. The van der Waals surface area contributed by atoms with Crippen molar-refractivity contribution in [3.05, 3.63) is 30.1 Å². The number of anilines is 1. The highest BCUT2D eigenvalue weighted by atomic mass is 35.5. The van der Waals surface area contributed by atoms with Gasteiger partial charge in [0.1, 0.15) is 5.82 Å². The van der Waals surface area contributed by atoms with Crippen LogP contribution in [0.3, 0.4) is 0 Å². The maximum Gasteiger partial charge on any atom is 0.123 e. The van der Waals surface area contributed by atoms with E-state index in [0.29, 0.717) is 0 Å².